The normalized spacial score (nSPS) is 33.3. The van der Waals surface area contributed by atoms with E-state index in [0.29, 0.717) is 6.42 Å². The van der Waals surface area contributed by atoms with Crippen LogP contribution in [-0.2, 0) is 9.59 Å². The molecule has 0 radical (unpaired) electrons. The maximum absolute atomic E-state index is 12.3. The summed E-state index contributed by atoms with van der Waals surface area (Å²) in [4.78, 5) is 25.9. The molecule has 2 aliphatic rings. The molecule has 1 aliphatic carbocycles. The Morgan fingerprint density at radius 2 is 2.06 bits per heavy atom. The molecule has 0 aromatic rings. The second-order valence-corrected chi connectivity index (χ2v) is 5.20. The summed E-state index contributed by atoms with van der Waals surface area (Å²) in [6, 6.07) is -0.637. The third kappa shape index (κ3) is 1.51. The molecule has 2 fully saturated rings. The lowest BCUT2D eigenvalue weighted by Crippen LogP contribution is -2.69. The molecule has 2 amide bonds. The van der Waals surface area contributed by atoms with E-state index in [1.807, 2.05) is 18.7 Å². The minimum Gasteiger partial charge on any atom is -0.343 e. The number of rotatable bonds is 2. The lowest BCUT2D eigenvalue weighted by atomic mass is 9.75. The van der Waals surface area contributed by atoms with E-state index in [-0.39, 0.29) is 29.4 Å². The van der Waals surface area contributed by atoms with Gasteiger partial charge in [0.05, 0.1) is 0 Å². The highest BCUT2D eigenvalue weighted by molar-refractivity contribution is 5.97. The molecule has 4 nitrogen and oxygen atoms in total. The van der Waals surface area contributed by atoms with Gasteiger partial charge < -0.3 is 10.2 Å². The molecule has 90 valence electrons. The number of carbonyl (C=O) groups excluding carboxylic acids is 2. The van der Waals surface area contributed by atoms with Gasteiger partial charge in [-0.1, -0.05) is 6.92 Å². The van der Waals surface area contributed by atoms with Gasteiger partial charge in [-0.2, -0.15) is 0 Å². The molecule has 0 bridgehead atoms. The van der Waals surface area contributed by atoms with Gasteiger partial charge in [0.25, 0.3) is 0 Å². The van der Waals surface area contributed by atoms with E-state index in [2.05, 4.69) is 12.2 Å². The van der Waals surface area contributed by atoms with Gasteiger partial charge in [0.15, 0.2) is 0 Å². The van der Waals surface area contributed by atoms with E-state index in [1.54, 1.807) is 0 Å². The van der Waals surface area contributed by atoms with Crippen molar-refractivity contribution in [3.05, 3.63) is 0 Å². The molecular formula is C12H20N2O2. The lowest BCUT2D eigenvalue weighted by Gasteiger charge is -2.53. The van der Waals surface area contributed by atoms with Crippen molar-refractivity contribution in [1.82, 2.24) is 10.2 Å². The van der Waals surface area contributed by atoms with Crippen LogP contribution in [-0.4, -0.2) is 34.3 Å². The smallest absolute Gasteiger partial charge is 0.246 e. The van der Waals surface area contributed by atoms with Crippen molar-refractivity contribution in [1.29, 1.82) is 0 Å². The average molecular weight is 224 g/mol. The first-order chi connectivity index (χ1) is 7.49. The molecular weight excluding hydrogens is 204 g/mol. The predicted molar refractivity (Wildman–Crippen MR) is 60.8 cm³/mol. The zero-order valence-electron chi connectivity index (χ0n) is 10.2. The quantitative estimate of drug-likeness (QED) is 0.762. The van der Waals surface area contributed by atoms with Gasteiger partial charge in [0.1, 0.15) is 12.1 Å². The highest BCUT2D eigenvalue weighted by atomic mass is 16.2. The maximum atomic E-state index is 12.3. The highest BCUT2D eigenvalue weighted by Crippen LogP contribution is 2.39. The molecule has 2 unspecified atom stereocenters. The number of hydrogen-bond donors (Lipinski definition) is 1. The Kier molecular flexibility index (Phi) is 2.68. The second-order valence-electron chi connectivity index (χ2n) is 5.20. The molecule has 4 heteroatoms. The zero-order chi connectivity index (χ0) is 11.9. The van der Waals surface area contributed by atoms with Gasteiger partial charge in [-0.15, -0.1) is 0 Å². The summed E-state index contributed by atoms with van der Waals surface area (Å²) in [5.74, 6) is 0.0800. The van der Waals surface area contributed by atoms with Crippen LogP contribution in [0.25, 0.3) is 0 Å². The topological polar surface area (TPSA) is 49.4 Å². The third-order valence-corrected chi connectivity index (χ3v) is 4.04. The van der Waals surface area contributed by atoms with Crippen LogP contribution in [0, 0.1) is 0 Å². The van der Waals surface area contributed by atoms with Gasteiger partial charge in [-0.3, -0.25) is 9.59 Å². The van der Waals surface area contributed by atoms with Crippen LogP contribution in [0.5, 0.6) is 0 Å². The average Bonchev–Trinajstić information content (AvgIpc) is 2.21. The Morgan fingerprint density at radius 1 is 1.44 bits per heavy atom. The number of piperazine rings is 1. The van der Waals surface area contributed by atoms with E-state index in [4.69, 9.17) is 0 Å². The molecule has 0 spiro atoms. The molecule has 2 rings (SSSR count). The molecule has 16 heavy (non-hydrogen) atoms. The lowest BCUT2D eigenvalue weighted by molar-refractivity contribution is -0.159. The first-order valence-electron chi connectivity index (χ1n) is 6.13. The van der Waals surface area contributed by atoms with Crippen LogP contribution in [0.3, 0.4) is 0 Å². The third-order valence-electron chi connectivity index (χ3n) is 4.04. The minimum absolute atomic E-state index is 0.0143. The van der Waals surface area contributed by atoms with Gasteiger partial charge >= 0.3 is 0 Å². The first kappa shape index (κ1) is 11.4. The van der Waals surface area contributed by atoms with Gasteiger partial charge in [0.2, 0.25) is 11.8 Å². The summed E-state index contributed by atoms with van der Waals surface area (Å²) >= 11 is 0. The Labute approximate surface area is 96.4 Å². The van der Waals surface area contributed by atoms with Crippen molar-refractivity contribution in [2.75, 3.05) is 0 Å². The minimum atomic E-state index is -0.319. The molecule has 1 N–H and O–H groups in total. The van der Waals surface area contributed by atoms with Crippen molar-refractivity contribution < 1.29 is 9.59 Å². The number of nitrogens with zero attached hydrogens (tertiary/aromatic N) is 1. The fraction of sp³-hybridized carbons (Fsp3) is 0.833. The van der Waals surface area contributed by atoms with Crippen molar-refractivity contribution >= 4 is 11.8 Å². The molecule has 1 saturated carbocycles. The molecule has 1 aliphatic heterocycles. The van der Waals surface area contributed by atoms with Crippen LogP contribution in [0.4, 0.5) is 0 Å². The first-order valence-corrected chi connectivity index (χ1v) is 6.13. The van der Waals surface area contributed by atoms with Crippen molar-refractivity contribution in [2.45, 2.75) is 64.1 Å². The van der Waals surface area contributed by atoms with Crippen molar-refractivity contribution in [3.8, 4) is 0 Å². The number of nitrogens with one attached hydrogen (secondary N) is 1. The predicted octanol–water partition coefficient (Wildman–Crippen LogP) is 1.05. The summed E-state index contributed by atoms with van der Waals surface area (Å²) < 4.78 is 0. The fourth-order valence-electron chi connectivity index (χ4n) is 2.77. The molecule has 0 aromatic heterocycles. The molecule has 2 atom stereocenters. The Balaban J connectivity index is 2.25. The van der Waals surface area contributed by atoms with Crippen LogP contribution in [0.15, 0.2) is 0 Å². The monoisotopic (exact) mass is 224 g/mol. The molecule has 1 heterocycles. The Bertz CT molecular complexity index is 323. The van der Waals surface area contributed by atoms with Crippen LogP contribution >= 0.6 is 0 Å². The van der Waals surface area contributed by atoms with E-state index in [0.717, 1.165) is 19.3 Å². The zero-order valence-corrected chi connectivity index (χ0v) is 10.2. The molecule has 1 saturated heterocycles. The fourth-order valence-corrected chi connectivity index (χ4v) is 2.77. The van der Waals surface area contributed by atoms with E-state index in [1.165, 1.54) is 0 Å². The van der Waals surface area contributed by atoms with Crippen molar-refractivity contribution in [2.24, 2.45) is 0 Å². The summed E-state index contributed by atoms with van der Waals surface area (Å²) in [5, 5.41) is 2.79. The van der Waals surface area contributed by atoms with E-state index < -0.39 is 0 Å². The summed E-state index contributed by atoms with van der Waals surface area (Å²) in [6.07, 6.45) is 3.87. The summed E-state index contributed by atoms with van der Waals surface area (Å²) in [5.41, 5.74) is -0.0817. The summed E-state index contributed by atoms with van der Waals surface area (Å²) in [6.45, 7) is 5.85. The van der Waals surface area contributed by atoms with Gasteiger partial charge in [0, 0.05) is 5.54 Å². The van der Waals surface area contributed by atoms with Crippen LogP contribution in [0.2, 0.25) is 0 Å². The van der Waals surface area contributed by atoms with Crippen LogP contribution < -0.4 is 5.32 Å². The van der Waals surface area contributed by atoms with E-state index in [9.17, 15) is 9.59 Å². The molecule has 0 aromatic carbocycles. The SMILES string of the molecule is CCC1NC(=O)C(C)N(C2(C)CCC2)C1=O. The Hall–Kier alpha value is -1.06. The van der Waals surface area contributed by atoms with Gasteiger partial charge in [-0.25, -0.2) is 0 Å². The Morgan fingerprint density at radius 3 is 2.50 bits per heavy atom. The maximum Gasteiger partial charge on any atom is 0.246 e. The number of hydrogen-bond acceptors (Lipinski definition) is 2. The second kappa shape index (κ2) is 3.75. The largest absolute Gasteiger partial charge is 0.343 e. The van der Waals surface area contributed by atoms with Gasteiger partial charge in [-0.05, 0) is 39.5 Å². The number of carbonyl (C=O) groups is 2. The van der Waals surface area contributed by atoms with Crippen LogP contribution in [0.1, 0.15) is 46.5 Å². The van der Waals surface area contributed by atoms with Crippen molar-refractivity contribution in [3.63, 3.8) is 0 Å². The highest BCUT2D eigenvalue weighted by Gasteiger charge is 2.48. The number of amides is 2. The van der Waals surface area contributed by atoms with E-state index >= 15 is 0 Å². The standard InChI is InChI=1S/C12H20N2O2/c1-4-9-11(16)14(8(2)10(15)13-9)12(3)6-5-7-12/h8-9H,4-7H2,1-3H3,(H,13,15). The summed E-state index contributed by atoms with van der Waals surface area (Å²) in [7, 11) is 0.